The lowest BCUT2D eigenvalue weighted by Crippen LogP contribution is -2.23. The quantitative estimate of drug-likeness (QED) is 0.515. The van der Waals surface area contributed by atoms with Gasteiger partial charge in [-0.05, 0) is 19.1 Å². The van der Waals surface area contributed by atoms with Crippen molar-refractivity contribution >= 4 is 11.3 Å². The van der Waals surface area contributed by atoms with Crippen molar-refractivity contribution in [2.75, 3.05) is 0 Å². The van der Waals surface area contributed by atoms with Crippen molar-refractivity contribution < 1.29 is 0 Å². The van der Waals surface area contributed by atoms with Crippen molar-refractivity contribution in [3.63, 3.8) is 0 Å². The van der Waals surface area contributed by atoms with Crippen molar-refractivity contribution in [1.29, 1.82) is 0 Å². The largest absolute Gasteiger partial charge is 0.294 e. The van der Waals surface area contributed by atoms with E-state index in [4.69, 9.17) is 0 Å². The topological polar surface area (TPSA) is 64.6 Å². The van der Waals surface area contributed by atoms with Gasteiger partial charge < -0.3 is 0 Å². The van der Waals surface area contributed by atoms with Crippen LogP contribution < -0.4 is 5.56 Å². The Morgan fingerprint density at radius 1 is 1.20 bits per heavy atom. The number of aromatic nitrogens is 5. The van der Waals surface area contributed by atoms with Gasteiger partial charge in [0.05, 0.1) is 0 Å². The van der Waals surface area contributed by atoms with Gasteiger partial charge in [-0.1, -0.05) is 0 Å². The van der Waals surface area contributed by atoms with Crippen LogP contribution in [-0.4, -0.2) is 24.2 Å². The van der Waals surface area contributed by atoms with Crippen LogP contribution in [0, 0.1) is 6.92 Å². The van der Waals surface area contributed by atoms with Gasteiger partial charge in [0.1, 0.15) is 5.69 Å². The Kier molecular flexibility index (Phi) is 1.42. The number of hydrogen-bond donors (Lipinski definition) is 0. The van der Waals surface area contributed by atoms with Crippen LogP contribution in [0.1, 0.15) is 5.69 Å². The highest BCUT2D eigenvalue weighted by molar-refractivity contribution is 5.45. The molecule has 0 N–H and O–H groups in total. The molecule has 0 bridgehead atoms. The van der Waals surface area contributed by atoms with Crippen molar-refractivity contribution in [2.45, 2.75) is 6.92 Å². The maximum Gasteiger partial charge on any atom is 0.294 e. The number of aryl methyl sites for hydroxylation is 1. The van der Waals surface area contributed by atoms with Gasteiger partial charge in [0.15, 0.2) is 11.3 Å². The van der Waals surface area contributed by atoms with E-state index in [2.05, 4.69) is 15.2 Å². The zero-order valence-electron chi connectivity index (χ0n) is 7.95. The van der Waals surface area contributed by atoms with Gasteiger partial charge in [-0.25, -0.2) is 9.50 Å². The summed E-state index contributed by atoms with van der Waals surface area (Å²) in [6, 6.07) is 3.51. The average molecular weight is 201 g/mol. The predicted octanol–water partition coefficient (Wildman–Crippen LogP) is 0.0456. The molecule has 0 atom stereocenters. The SMILES string of the molecule is Cc1nnc2ccc3nccn3n2c1=O. The minimum atomic E-state index is -0.177. The summed E-state index contributed by atoms with van der Waals surface area (Å²) in [7, 11) is 0. The molecule has 0 aliphatic heterocycles. The standard InChI is InChI=1S/C9H7N5O/c1-6-9(15)14-8(12-11-6)3-2-7-10-4-5-13(7)14/h2-5H,1H3. The number of fused-ring (bicyclic) bond motifs is 3. The Bertz CT molecular complexity index is 711. The van der Waals surface area contributed by atoms with E-state index >= 15 is 0 Å². The van der Waals surface area contributed by atoms with Crippen molar-refractivity contribution in [2.24, 2.45) is 0 Å². The molecule has 3 heterocycles. The summed E-state index contributed by atoms with van der Waals surface area (Å²) in [6.07, 6.45) is 3.35. The molecule has 3 aromatic heterocycles. The Morgan fingerprint density at radius 3 is 2.87 bits per heavy atom. The van der Waals surface area contributed by atoms with E-state index in [1.807, 2.05) is 0 Å². The van der Waals surface area contributed by atoms with Crippen LogP contribution in [-0.2, 0) is 0 Å². The van der Waals surface area contributed by atoms with Crippen LogP contribution >= 0.6 is 0 Å². The van der Waals surface area contributed by atoms with E-state index in [1.54, 1.807) is 36.0 Å². The summed E-state index contributed by atoms with van der Waals surface area (Å²) in [5.74, 6) is 0. The van der Waals surface area contributed by atoms with E-state index in [-0.39, 0.29) is 5.56 Å². The second-order valence-corrected chi connectivity index (χ2v) is 3.22. The molecule has 0 fully saturated rings. The Hall–Kier alpha value is -2.24. The van der Waals surface area contributed by atoms with Gasteiger partial charge in [0.25, 0.3) is 5.56 Å². The fourth-order valence-corrected chi connectivity index (χ4v) is 1.53. The number of nitrogens with zero attached hydrogens (tertiary/aromatic N) is 5. The molecule has 6 nitrogen and oxygen atoms in total. The summed E-state index contributed by atoms with van der Waals surface area (Å²) in [6.45, 7) is 1.64. The van der Waals surface area contributed by atoms with Gasteiger partial charge in [-0.2, -0.15) is 4.52 Å². The second kappa shape index (κ2) is 2.63. The summed E-state index contributed by atoms with van der Waals surface area (Å²) < 4.78 is 3.10. The smallest absolute Gasteiger partial charge is 0.265 e. The molecule has 0 unspecified atom stereocenters. The van der Waals surface area contributed by atoms with Gasteiger partial charge >= 0.3 is 0 Å². The van der Waals surface area contributed by atoms with Crippen LogP contribution in [0.25, 0.3) is 11.3 Å². The lowest BCUT2D eigenvalue weighted by atomic mass is 10.5. The van der Waals surface area contributed by atoms with Crippen molar-refractivity contribution in [3.8, 4) is 0 Å². The second-order valence-electron chi connectivity index (χ2n) is 3.22. The first-order chi connectivity index (χ1) is 7.27. The van der Waals surface area contributed by atoms with Gasteiger partial charge in [0.2, 0.25) is 0 Å². The minimum absolute atomic E-state index is 0.177. The molecule has 0 aliphatic carbocycles. The third-order valence-corrected chi connectivity index (χ3v) is 2.27. The maximum atomic E-state index is 11.9. The van der Waals surface area contributed by atoms with Crippen LogP contribution in [0.3, 0.4) is 0 Å². The summed E-state index contributed by atoms with van der Waals surface area (Å²) in [4.78, 5) is 15.9. The highest BCUT2D eigenvalue weighted by Crippen LogP contribution is 2.01. The third kappa shape index (κ3) is 0.983. The average Bonchev–Trinajstić information content (AvgIpc) is 2.70. The van der Waals surface area contributed by atoms with Gasteiger partial charge in [-0.3, -0.25) is 4.79 Å². The highest BCUT2D eigenvalue weighted by Gasteiger charge is 2.05. The summed E-state index contributed by atoms with van der Waals surface area (Å²) >= 11 is 0. The fourth-order valence-electron chi connectivity index (χ4n) is 1.53. The highest BCUT2D eigenvalue weighted by atomic mass is 16.1. The van der Waals surface area contributed by atoms with Crippen LogP contribution in [0.5, 0.6) is 0 Å². The van der Waals surface area contributed by atoms with Crippen LogP contribution in [0.15, 0.2) is 29.3 Å². The number of hydrogen-bond acceptors (Lipinski definition) is 4. The van der Waals surface area contributed by atoms with E-state index in [9.17, 15) is 4.79 Å². The normalized spacial score (nSPS) is 11.3. The lowest BCUT2D eigenvalue weighted by Gasteiger charge is -2.02. The molecule has 0 amide bonds. The molecule has 6 heteroatoms. The summed E-state index contributed by atoms with van der Waals surface area (Å²) in [5, 5.41) is 7.72. The molecule has 0 aliphatic rings. The first kappa shape index (κ1) is 8.10. The summed E-state index contributed by atoms with van der Waals surface area (Å²) in [5.41, 5.74) is 1.41. The first-order valence-electron chi connectivity index (χ1n) is 4.46. The molecule has 0 spiro atoms. The van der Waals surface area contributed by atoms with E-state index in [0.29, 0.717) is 17.0 Å². The number of imidazole rings is 1. The van der Waals surface area contributed by atoms with E-state index in [1.165, 1.54) is 4.52 Å². The zero-order valence-corrected chi connectivity index (χ0v) is 7.95. The monoisotopic (exact) mass is 201 g/mol. The van der Waals surface area contributed by atoms with Crippen molar-refractivity contribution in [1.82, 2.24) is 24.2 Å². The van der Waals surface area contributed by atoms with E-state index in [0.717, 1.165) is 0 Å². The molecule has 3 rings (SSSR count). The molecule has 0 aromatic carbocycles. The zero-order chi connectivity index (χ0) is 10.4. The third-order valence-electron chi connectivity index (χ3n) is 2.27. The van der Waals surface area contributed by atoms with E-state index < -0.39 is 0 Å². The molecule has 0 saturated heterocycles. The predicted molar refractivity (Wildman–Crippen MR) is 52.7 cm³/mol. The lowest BCUT2D eigenvalue weighted by molar-refractivity contribution is 0.758. The molecule has 0 radical (unpaired) electrons. The van der Waals surface area contributed by atoms with Crippen LogP contribution in [0.2, 0.25) is 0 Å². The molecule has 3 aromatic rings. The molecule has 15 heavy (non-hydrogen) atoms. The number of rotatable bonds is 0. The Morgan fingerprint density at radius 2 is 2.00 bits per heavy atom. The van der Waals surface area contributed by atoms with Gasteiger partial charge in [0, 0.05) is 12.4 Å². The molecule has 0 saturated carbocycles. The fraction of sp³-hybridized carbons (Fsp3) is 0.111. The molecular weight excluding hydrogens is 194 g/mol. The van der Waals surface area contributed by atoms with Crippen LogP contribution in [0.4, 0.5) is 0 Å². The maximum absolute atomic E-state index is 11.9. The van der Waals surface area contributed by atoms with Gasteiger partial charge in [-0.15, -0.1) is 10.2 Å². The Labute approximate surface area is 83.8 Å². The minimum Gasteiger partial charge on any atom is -0.265 e. The molecular formula is C9H7N5O. The van der Waals surface area contributed by atoms with Crippen molar-refractivity contribution in [3.05, 3.63) is 40.6 Å². The first-order valence-corrected chi connectivity index (χ1v) is 4.46. The Balaban J connectivity index is 2.71. The molecule has 74 valence electrons.